The largest absolute Gasteiger partial charge is 0.624 e. The van der Waals surface area contributed by atoms with E-state index in [1.807, 2.05) is 0 Å². The van der Waals surface area contributed by atoms with Gasteiger partial charge in [-0.15, -0.1) is 0 Å². The average Bonchev–Trinajstić information content (AvgIpc) is 2.53. The fourth-order valence-electron chi connectivity index (χ4n) is 0.751. The van der Waals surface area contributed by atoms with Gasteiger partial charge in [-0.05, 0) is 12.1 Å². The number of aldehydes is 1. The Labute approximate surface area is 69.7 Å². The second kappa shape index (κ2) is 4.33. The molecule has 0 spiro atoms. The molecule has 1 aromatic rings. The van der Waals surface area contributed by atoms with E-state index in [0.29, 0.717) is 16.8 Å². The van der Waals surface area contributed by atoms with Gasteiger partial charge in [-0.2, -0.15) is 0 Å². The minimum atomic E-state index is 0.171. The van der Waals surface area contributed by atoms with Crippen LogP contribution in [0.25, 0.3) is 0 Å². The van der Waals surface area contributed by atoms with Crippen LogP contribution in [0.1, 0.15) is 12.2 Å². The fraction of sp³-hybridized carbons (Fsp3) is 0.250. The molecule has 64 valence electrons. The van der Waals surface area contributed by atoms with Crippen molar-refractivity contribution in [2.45, 2.75) is 6.42 Å². The van der Waals surface area contributed by atoms with E-state index in [0.717, 1.165) is 0 Å². The number of nitrogens with zero attached hydrogens (tertiary/aromatic N) is 1. The molecule has 4 heteroatoms. The van der Waals surface area contributed by atoms with Crippen molar-refractivity contribution in [1.29, 1.82) is 0 Å². The summed E-state index contributed by atoms with van der Waals surface area (Å²) in [7, 11) is 0. The molecular weight excluding hydrogens is 158 g/mol. The summed E-state index contributed by atoms with van der Waals surface area (Å²) in [6.45, 7) is 0.171. The maximum absolute atomic E-state index is 10.9. The molecule has 0 aliphatic rings. The highest BCUT2D eigenvalue weighted by Crippen LogP contribution is 1.94. The maximum atomic E-state index is 10.9. The van der Waals surface area contributed by atoms with Crippen LogP contribution in [0.4, 0.5) is 0 Å². The number of furan rings is 1. The number of rotatable bonds is 4. The van der Waals surface area contributed by atoms with Crippen LogP contribution in [-0.4, -0.2) is 23.8 Å². The molecular formula is C8H9NO3. The van der Waals surface area contributed by atoms with Crippen molar-refractivity contribution in [1.82, 2.24) is 0 Å². The van der Waals surface area contributed by atoms with Crippen molar-refractivity contribution < 1.29 is 14.0 Å². The molecule has 0 unspecified atom stereocenters. The summed E-state index contributed by atoms with van der Waals surface area (Å²) in [6, 6.07) is 3.37. The highest BCUT2D eigenvalue weighted by atomic mass is 16.5. The minimum absolute atomic E-state index is 0.171. The molecule has 0 amide bonds. The molecule has 0 atom stereocenters. The zero-order chi connectivity index (χ0) is 8.81. The molecule has 0 radical (unpaired) electrons. The van der Waals surface area contributed by atoms with Gasteiger partial charge in [0, 0.05) is 0 Å². The molecule has 0 saturated heterocycles. The highest BCUT2D eigenvalue weighted by Gasteiger charge is 1.96. The van der Waals surface area contributed by atoms with Gasteiger partial charge in [0.1, 0.15) is 6.29 Å². The highest BCUT2D eigenvalue weighted by molar-refractivity contribution is 5.71. The summed E-state index contributed by atoms with van der Waals surface area (Å²) in [5, 5.41) is 10.9. The minimum Gasteiger partial charge on any atom is -0.624 e. The lowest BCUT2D eigenvalue weighted by Crippen LogP contribution is -2.07. The van der Waals surface area contributed by atoms with Crippen LogP contribution in [0.2, 0.25) is 0 Å². The van der Waals surface area contributed by atoms with Gasteiger partial charge in [0.25, 0.3) is 0 Å². The monoisotopic (exact) mass is 167 g/mol. The van der Waals surface area contributed by atoms with Gasteiger partial charge >= 0.3 is 0 Å². The van der Waals surface area contributed by atoms with Crippen molar-refractivity contribution in [2.75, 3.05) is 6.54 Å². The second-order valence-corrected chi connectivity index (χ2v) is 2.24. The number of hydroxylamine groups is 1. The number of hydrogen-bond donors (Lipinski definition) is 0. The zero-order valence-electron chi connectivity index (χ0n) is 6.47. The molecule has 0 fully saturated rings. The average molecular weight is 167 g/mol. The molecule has 0 bridgehead atoms. The van der Waals surface area contributed by atoms with Gasteiger partial charge in [0.2, 0.25) is 6.21 Å². The van der Waals surface area contributed by atoms with E-state index in [9.17, 15) is 10.0 Å². The lowest BCUT2D eigenvalue weighted by Gasteiger charge is -1.98. The molecule has 0 saturated carbocycles. The summed E-state index contributed by atoms with van der Waals surface area (Å²) in [5.41, 5.74) is 0. The van der Waals surface area contributed by atoms with Crippen LogP contribution in [0, 0.1) is 5.21 Å². The van der Waals surface area contributed by atoms with E-state index in [-0.39, 0.29) is 13.0 Å². The van der Waals surface area contributed by atoms with Crippen LogP contribution in [-0.2, 0) is 4.79 Å². The van der Waals surface area contributed by atoms with Crippen LogP contribution in [0.5, 0.6) is 0 Å². The zero-order valence-corrected chi connectivity index (χ0v) is 6.47. The van der Waals surface area contributed by atoms with Crippen molar-refractivity contribution in [2.24, 2.45) is 0 Å². The van der Waals surface area contributed by atoms with Crippen molar-refractivity contribution in [3.8, 4) is 0 Å². The van der Waals surface area contributed by atoms with Gasteiger partial charge < -0.3 is 14.4 Å². The first-order chi connectivity index (χ1) is 5.83. The predicted octanol–water partition coefficient (Wildman–Crippen LogP) is 0.798. The SMILES string of the molecule is O=CCC/[N+]([O-])=C/c1ccco1. The number of carbonyl (C=O) groups is 1. The Hall–Kier alpha value is -1.58. The smallest absolute Gasteiger partial charge is 0.217 e. The molecule has 0 aromatic carbocycles. The van der Waals surface area contributed by atoms with Gasteiger partial charge in [-0.3, -0.25) is 0 Å². The van der Waals surface area contributed by atoms with E-state index < -0.39 is 0 Å². The van der Waals surface area contributed by atoms with Gasteiger partial charge in [0.05, 0.1) is 12.7 Å². The quantitative estimate of drug-likeness (QED) is 0.219. The van der Waals surface area contributed by atoms with E-state index in [1.165, 1.54) is 12.5 Å². The Morgan fingerprint density at radius 2 is 2.50 bits per heavy atom. The fourth-order valence-corrected chi connectivity index (χ4v) is 0.751. The van der Waals surface area contributed by atoms with E-state index in [4.69, 9.17) is 4.42 Å². The number of hydrogen-bond acceptors (Lipinski definition) is 3. The van der Waals surface area contributed by atoms with Crippen LogP contribution < -0.4 is 0 Å². The summed E-state index contributed by atoms with van der Waals surface area (Å²) in [6.07, 6.45) is 3.74. The lowest BCUT2D eigenvalue weighted by molar-refractivity contribution is -0.451. The summed E-state index contributed by atoms with van der Waals surface area (Å²) in [5.74, 6) is 0.496. The first-order valence-electron chi connectivity index (χ1n) is 3.58. The van der Waals surface area contributed by atoms with E-state index in [1.54, 1.807) is 12.1 Å². The normalized spacial score (nSPS) is 11.5. The summed E-state index contributed by atoms with van der Waals surface area (Å²) >= 11 is 0. The first kappa shape index (κ1) is 8.52. The molecule has 0 aliphatic heterocycles. The Kier molecular flexibility index (Phi) is 3.07. The molecule has 0 N–H and O–H groups in total. The molecule has 1 heterocycles. The predicted molar refractivity (Wildman–Crippen MR) is 43.0 cm³/mol. The standard InChI is InChI=1S/C8H9NO3/c10-5-2-4-9(11)7-8-3-1-6-12-8/h1,3,5-7H,2,4H2/b9-7-. The Balaban J connectivity index is 2.51. The van der Waals surface area contributed by atoms with E-state index in [2.05, 4.69) is 0 Å². The third-order valence-corrected chi connectivity index (χ3v) is 1.28. The van der Waals surface area contributed by atoms with Crippen molar-refractivity contribution >= 4 is 12.5 Å². The first-order valence-corrected chi connectivity index (χ1v) is 3.58. The molecule has 1 aromatic heterocycles. The van der Waals surface area contributed by atoms with Crippen LogP contribution in [0.3, 0.4) is 0 Å². The summed E-state index contributed by atoms with van der Waals surface area (Å²) in [4.78, 5) is 9.91. The Morgan fingerprint density at radius 1 is 1.67 bits per heavy atom. The van der Waals surface area contributed by atoms with Crippen LogP contribution >= 0.6 is 0 Å². The Bertz CT molecular complexity index is 264. The lowest BCUT2D eigenvalue weighted by atomic mass is 10.4. The third-order valence-electron chi connectivity index (χ3n) is 1.28. The van der Waals surface area contributed by atoms with Gasteiger partial charge in [-0.1, -0.05) is 0 Å². The summed E-state index contributed by atoms with van der Waals surface area (Å²) < 4.78 is 5.57. The third kappa shape index (κ3) is 2.57. The molecule has 4 nitrogen and oxygen atoms in total. The molecule has 12 heavy (non-hydrogen) atoms. The maximum Gasteiger partial charge on any atom is 0.217 e. The number of carbonyl (C=O) groups excluding carboxylic acids is 1. The van der Waals surface area contributed by atoms with Gasteiger partial charge in [-0.25, -0.2) is 4.74 Å². The van der Waals surface area contributed by atoms with E-state index >= 15 is 0 Å². The topological polar surface area (TPSA) is 56.3 Å². The molecule has 0 aliphatic carbocycles. The van der Waals surface area contributed by atoms with Crippen LogP contribution in [0.15, 0.2) is 22.8 Å². The molecule has 1 rings (SSSR count). The van der Waals surface area contributed by atoms with Crippen molar-refractivity contribution in [3.05, 3.63) is 29.4 Å². The second-order valence-electron chi connectivity index (χ2n) is 2.24. The van der Waals surface area contributed by atoms with Gasteiger partial charge in [0.15, 0.2) is 12.3 Å². The van der Waals surface area contributed by atoms with Crippen molar-refractivity contribution in [3.63, 3.8) is 0 Å². The Morgan fingerprint density at radius 3 is 3.08 bits per heavy atom.